The third-order valence-electron chi connectivity index (χ3n) is 4.45. The van der Waals surface area contributed by atoms with Crippen molar-refractivity contribution in [1.29, 1.82) is 0 Å². The van der Waals surface area contributed by atoms with Gasteiger partial charge in [0.15, 0.2) is 0 Å². The molecule has 6 nitrogen and oxygen atoms in total. The summed E-state index contributed by atoms with van der Waals surface area (Å²) in [7, 11) is 1.57. The summed E-state index contributed by atoms with van der Waals surface area (Å²) in [4.78, 5) is 14.7. The maximum absolute atomic E-state index is 12.5. The van der Waals surface area contributed by atoms with Gasteiger partial charge in [-0.2, -0.15) is 0 Å². The second kappa shape index (κ2) is 8.97. The summed E-state index contributed by atoms with van der Waals surface area (Å²) in [5.41, 5.74) is 3.45. The first kappa shape index (κ1) is 19.3. The smallest absolute Gasteiger partial charge is 0.243 e. The summed E-state index contributed by atoms with van der Waals surface area (Å²) in [6, 6.07) is 11.4. The number of carbonyl (C=O) groups excluding carboxylic acids is 1. The lowest BCUT2D eigenvalue weighted by Crippen LogP contribution is -2.37. The molecule has 0 bridgehead atoms. The van der Waals surface area contributed by atoms with Crippen LogP contribution >= 0.6 is 11.6 Å². The Hall–Kier alpha value is -2.44. The van der Waals surface area contributed by atoms with Gasteiger partial charge in [-0.15, -0.1) is 0 Å². The number of morpholine rings is 1. The van der Waals surface area contributed by atoms with Crippen molar-refractivity contribution < 1.29 is 14.3 Å². The Balaban J connectivity index is 1.66. The van der Waals surface area contributed by atoms with Crippen molar-refractivity contribution in [2.75, 3.05) is 55.5 Å². The molecule has 2 aromatic carbocycles. The highest BCUT2D eigenvalue weighted by Crippen LogP contribution is 2.31. The molecule has 1 aliphatic heterocycles. The Kier molecular flexibility index (Phi) is 6.42. The van der Waals surface area contributed by atoms with Crippen LogP contribution in [-0.4, -0.2) is 45.9 Å². The Morgan fingerprint density at radius 2 is 1.96 bits per heavy atom. The molecule has 3 rings (SSSR count). The Labute approximate surface area is 164 Å². The number of ether oxygens (including phenoxy) is 2. The van der Waals surface area contributed by atoms with E-state index in [1.165, 1.54) is 0 Å². The molecule has 0 unspecified atom stereocenters. The number of anilines is 3. The number of hydrogen-bond donors (Lipinski definition) is 2. The van der Waals surface area contributed by atoms with Crippen LogP contribution in [0.2, 0.25) is 5.02 Å². The van der Waals surface area contributed by atoms with Crippen molar-refractivity contribution in [1.82, 2.24) is 0 Å². The molecule has 0 aliphatic carbocycles. The summed E-state index contributed by atoms with van der Waals surface area (Å²) >= 11 is 6.13. The normalized spacial score (nSPS) is 14.0. The first-order chi connectivity index (χ1) is 13.1. The lowest BCUT2D eigenvalue weighted by molar-refractivity contribution is -0.114. The number of amides is 1. The second-order valence-electron chi connectivity index (χ2n) is 6.32. The molecule has 0 radical (unpaired) electrons. The van der Waals surface area contributed by atoms with E-state index in [0.717, 1.165) is 35.7 Å². The van der Waals surface area contributed by atoms with Crippen LogP contribution in [-0.2, 0) is 9.53 Å². The van der Waals surface area contributed by atoms with E-state index in [-0.39, 0.29) is 12.5 Å². The van der Waals surface area contributed by atoms with Crippen LogP contribution in [0.1, 0.15) is 5.56 Å². The number of hydrogen-bond acceptors (Lipinski definition) is 5. The van der Waals surface area contributed by atoms with Crippen LogP contribution in [0.4, 0.5) is 17.1 Å². The summed E-state index contributed by atoms with van der Waals surface area (Å²) < 4.78 is 10.7. The number of methoxy groups -OCH3 is 1. The average Bonchev–Trinajstić information content (AvgIpc) is 2.69. The molecule has 1 fully saturated rings. The number of halogens is 1. The van der Waals surface area contributed by atoms with Gasteiger partial charge in [0.2, 0.25) is 5.91 Å². The molecule has 0 spiro atoms. The highest BCUT2D eigenvalue weighted by atomic mass is 35.5. The van der Waals surface area contributed by atoms with Crippen LogP contribution in [0.25, 0.3) is 0 Å². The summed E-state index contributed by atoms with van der Waals surface area (Å²) in [6.45, 7) is 5.04. The highest BCUT2D eigenvalue weighted by Gasteiger charge is 2.16. The number of para-hydroxylation sites is 2. The molecule has 0 saturated carbocycles. The Bertz CT molecular complexity index is 807. The van der Waals surface area contributed by atoms with Crippen molar-refractivity contribution in [3.05, 3.63) is 47.0 Å². The van der Waals surface area contributed by atoms with E-state index in [1.807, 2.05) is 37.3 Å². The van der Waals surface area contributed by atoms with Gasteiger partial charge in [-0.1, -0.05) is 23.7 Å². The molecule has 1 heterocycles. The molecule has 1 saturated heterocycles. The van der Waals surface area contributed by atoms with Crippen LogP contribution in [0.5, 0.6) is 5.75 Å². The molecular weight excluding hydrogens is 366 g/mol. The van der Waals surface area contributed by atoms with Crippen molar-refractivity contribution in [3.63, 3.8) is 0 Å². The van der Waals surface area contributed by atoms with E-state index in [2.05, 4.69) is 15.5 Å². The van der Waals surface area contributed by atoms with Crippen LogP contribution in [0.15, 0.2) is 36.4 Å². The summed E-state index contributed by atoms with van der Waals surface area (Å²) in [6.07, 6.45) is 0. The zero-order valence-electron chi connectivity index (χ0n) is 15.5. The highest BCUT2D eigenvalue weighted by molar-refractivity contribution is 6.31. The number of benzene rings is 2. The van der Waals surface area contributed by atoms with Crippen molar-refractivity contribution in [2.24, 2.45) is 0 Å². The van der Waals surface area contributed by atoms with E-state index in [1.54, 1.807) is 13.2 Å². The summed E-state index contributed by atoms with van der Waals surface area (Å²) in [5, 5.41) is 6.74. The van der Waals surface area contributed by atoms with Gasteiger partial charge in [0.1, 0.15) is 5.75 Å². The monoisotopic (exact) mass is 389 g/mol. The quantitative estimate of drug-likeness (QED) is 0.791. The molecule has 1 amide bonds. The fourth-order valence-corrected chi connectivity index (χ4v) is 3.15. The average molecular weight is 390 g/mol. The number of rotatable bonds is 6. The van der Waals surface area contributed by atoms with Gasteiger partial charge in [-0.05, 0) is 30.7 Å². The molecule has 2 aromatic rings. The van der Waals surface area contributed by atoms with Gasteiger partial charge >= 0.3 is 0 Å². The Morgan fingerprint density at radius 3 is 2.70 bits per heavy atom. The number of nitrogens with one attached hydrogen (secondary N) is 2. The minimum absolute atomic E-state index is 0.120. The Morgan fingerprint density at radius 1 is 1.22 bits per heavy atom. The summed E-state index contributed by atoms with van der Waals surface area (Å²) in [5.74, 6) is 0.470. The topological polar surface area (TPSA) is 62.8 Å². The minimum Gasteiger partial charge on any atom is -0.495 e. The standard InChI is InChI=1S/C20H24ClN3O3/c1-14-11-17(19(26-2)12-15(14)21)22-13-20(25)23-16-5-3-4-6-18(16)24-7-9-27-10-8-24/h3-6,11-12,22H,7-10,13H2,1-2H3,(H,23,25). The largest absolute Gasteiger partial charge is 0.495 e. The molecule has 2 N–H and O–H groups in total. The third kappa shape index (κ3) is 4.84. The molecule has 7 heteroatoms. The zero-order valence-corrected chi connectivity index (χ0v) is 16.3. The van der Waals surface area contributed by atoms with E-state index in [0.29, 0.717) is 24.0 Å². The fourth-order valence-electron chi connectivity index (χ4n) is 3.00. The molecule has 27 heavy (non-hydrogen) atoms. The number of carbonyl (C=O) groups is 1. The van der Waals surface area contributed by atoms with E-state index >= 15 is 0 Å². The number of nitrogens with zero attached hydrogens (tertiary/aromatic N) is 1. The lowest BCUT2D eigenvalue weighted by atomic mass is 10.2. The van der Waals surface area contributed by atoms with Gasteiger partial charge in [-0.3, -0.25) is 4.79 Å². The van der Waals surface area contributed by atoms with Gasteiger partial charge < -0.3 is 25.0 Å². The van der Waals surface area contributed by atoms with E-state index < -0.39 is 0 Å². The molecule has 0 aromatic heterocycles. The molecular formula is C20H24ClN3O3. The van der Waals surface area contributed by atoms with Gasteiger partial charge in [-0.25, -0.2) is 0 Å². The maximum Gasteiger partial charge on any atom is 0.243 e. The van der Waals surface area contributed by atoms with E-state index in [4.69, 9.17) is 21.1 Å². The van der Waals surface area contributed by atoms with Crippen molar-refractivity contribution in [2.45, 2.75) is 6.92 Å². The molecule has 144 valence electrons. The predicted molar refractivity (Wildman–Crippen MR) is 109 cm³/mol. The first-order valence-corrected chi connectivity index (χ1v) is 9.26. The third-order valence-corrected chi connectivity index (χ3v) is 4.86. The van der Waals surface area contributed by atoms with Crippen molar-refractivity contribution >= 4 is 34.6 Å². The number of aryl methyl sites for hydroxylation is 1. The fraction of sp³-hybridized carbons (Fsp3) is 0.350. The van der Waals surface area contributed by atoms with Gasteiger partial charge in [0.25, 0.3) is 0 Å². The lowest BCUT2D eigenvalue weighted by Gasteiger charge is -2.30. The van der Waals surface area contributed by atoms with Crippen LogP contribution in [0.3, 0.4) is 0 Å². The van der Waals surface area contributed by atoms with Gasteiger partial charge in [0, 0.05) is 24.2 Å². The van der Waals surface area contributed by atoms with Crippen LogP contribution in [0, 0.1) is 6.92 Å². The predicted octanol–water partition coefficient (Wildman–Crippen LogP) is 3.54. The molecule has 0 atom stereocenters. The molecule has 1 aliphatic rings. The maximum atomic E-state index is 12.5. The van der Waals surface area contributed by atoms with Crippen molar-refractivity contribution in [3.8, 4) is 5.75 Å². The SMILES string of the molecule is COc1cc(Cl)c(C)cc1NCC(=O)Nc1ccccc1N1CCOCC1. The zero-order chi connectivity index (χ0) is 19.2. The van der Waals surface area contributed by atoms with Gasteiger partial charge in [0.05, 0.1) is 43.9 Å². The second-order valence-corrected chi connectivity index (χ2v) is 6.73. The van der Waals surface area contributed by atoms with E-state index in [9.17, 15) is 4.79 Å². The minimum atomic E-state index is -0.134. The first-order valence-electron chi connectivity index (χ1n) is 8.88. The van der Waals surface area contributed by atoms with Crippen LogP contribution < -0.4 is 20.3 Å².